The second-order valence-electron chi connectivity index (χ2n) is 4.05. The first kappa shape index (κ1) is 11.9. The first-order valence-corrected chi connectivity index (χ1v) is 5.70. The van der Waals surface area contributed by atoms with Crippen LogP contribution >= 0.6 is 0 Å². The number of aryl methyl sites for hydroxylation is 1. The zero-order valence-corrected chi connectivity index (χ0v) is 10.1. The fourth-order valence-corrected chi connectivity index (χ4v) is 1.85. The molecule has 1 aromatic heterocycles. The summed E-state index contributed by atoms with van der Waals surface area (Å²) in [5, 5.41) is 7.32. The van der Waals surface area contributed by atoms with Crippen LogP contribution in [-0.4, -0.2) is 42.1 Å². The van der Waals surface area contributed by atoms with Gasteiger partial charge in [0.1, 0.15) is 6.10 Å². The molecule has 6 heteroatoms. The van der Waals surface area contributed by atoms with E-state index in [1.165, 1.54) is 7.11 Å². The normalized spacial score (nSPS) is 16.8. The molecular weight excluding hydrogens is 222 g/mol. The quantitative estimate of drug-likeness (QED) is 0.770. The molecular formula is C11H17N3O3. The van der Waals surface area contributed by atoms with Gasteiger partial charge >= 0.3 is 5.97 Å². The molecule has 1 fully saturated rings. The molecule has 0 spiro atoms. The number of nitrogens with one attached hydrogen (secondary N) is 1. The number of nitrogens with zero attached hydrogens (tertiary/aromatic N) is 2. The molecule has 2 rings (SSSR count). The number of carbonyl (C=O) groups is 1. The highest BCUT2D eigenvalue weighted by Gasteiger charge is 2.19. The van der Waals surface area contributed by atoms with Crippen molar-refractivity contribution in [3.05, 3.63) is 11.8 Å². The third-order valence-electron chi connectivity index (χ3n) is 2.81. The number of ether oxygens (including phenoxy) is 2. The Kier molecular flexibility index (Phi) is 3.63. The van der Waals surface area contributed by atoms with Crippen molar-refractivity contribution < 1.29 is 14.3 Å². The molecule has 0 aromatic carbocycles. The summed E-state index contributed by atoms with van der Waals surface area (Å²) in [5.41, 5.74) is 0.277. The van der Waals surface area contributed by atoms with Crippen LogP contribution in [0.3, 0.4) is 0 Å². The number of piperidine rings is 1. The highest BCUT2D eigenvalue weighted by molar-refractivity contribution is 5.87. The van der Waals surface area contributed by atoms with Crippen LogP contribution in [0.4, 0.5) is 0 Å². The van der Waals surface area contributed by atoms with Gasteiger partial charge in [-0.3, -0.25) is 0 Å². The van der Waals surface area contributed by atoms with Crippen molar-refractivity contribution in [2.45, 2.75) is 18.9 Å². The third-order valence-corrected chi connectivity index (χ3v) is 2.81. The van der Waals surface area contributed by atoms with Gasteiger partial charge in [0.05, 0.1) is 7.11 Å². The van der Waals surface area contributed by atoms with Gasteiger partial charge in [0.2, 0.25) is 5.88 Å². The van der Waals surface area contributed by atoms with Gasteiger partial charge in [-0.05, 0) is 25.9 Å². The van der Waals surface area contributed by atoms with Crippen molar-refractivity contribution in [2.75, 3.05) is 20.2 Å². The Bertz CT molecular complexity index is 397. The number of esters is 1. The van der Waals surface area contributed by atoms with Crippen LogP contribution in [0.25, 0.3) is 0 Å². The zero-order chi connectivity index (χ0) is 12.3. The molecule has 0 radical (unpaired) electrons. The third kappa shape index (κ3) is 2.76. The van der Waals surface area contributed by atoms with Gasteiger partial charge < -0.3 is 14.8 Å². The van der Waals surface area contributed by atoms with Gasteiger partial charge in [-0.25, -0.2) is 9.48 Å². The monoisotopic (exact) mass is 239 g/mol. The Balaban J connectivity index is 2.04. The number of rotatable bonds is 3. The molecule has 0 amide bonds. The molecule has 1 aromatic rings. The molecule has 0 saturated carbocycles. The van der Waals surface area contributed by atoms with Gasteiger partial charge in [-0.15, -0.1) is 0 Å². The van der Waals surface area contributed by atoms with E-state index in [2.05, 4.69) is 15.2 Å². The molecule has 0 aliphatic carbocycles. The van der Waals surface area contributed by atoms with E-state index < -0.39 is 5.97 Å². The predicted molar refractivity (Wildman–Crippen MR) is 61.1 cm³/mol. The minimum absolute atomic E-state index is 0.192. The summed E-state index contributed by atoms with van der Waals surface area (Å²) >= 11 is 0. The van der Waals surface area contributed by atoms with E-state index in [1.54, 1.807) is 17.8 Å². The molecule has 1 aliphatic heterocycles. The Labute approximate surface area is 99.9 Å². The molecule has 1 aliphatic rings. The summed E-state index contributed by atoms with van der Waals surface area (Å²) in [6.07, 6.45) is 2.13. The van der Waals surface area contributed by atoms with Gasteiger partial charge in [-0.1, -0.05) is 0 Å². The van der Waals surface area contributed by atoms with E-state index in [4.69, 9.17) is 4.74 Å². The van der Waals surface area contributed by atoms with E-state index in [0.717, 1.165) is 25.9 Å². The van der Waals surface area contributed by atoms with Crippen LogP contribution in [0.15, 0.2) is 6.07 Å². The fourth-order valence-electron chi connectivity index (χ4n) is 1.85. The Morgan fingerprint density at radius 1 is 1.53 bits per heavy atom. The number of methoxy groups -OCH3 is 1. The van der Waals surface area contributed by atoms with E-state index in [9.17, 15) is 4.79 Å². The maximum absolute atomic E-state index is 11.3. The summed E-state index contributed by atoms with van der Waals surface area (Å²) in [7, 11) is 3.09. The fraction of sp³-hybridized carbons (Fsp3) is 0.636. The van der Waals surface area contributed by atoms with Crippen molar-refractivity contribution in [2.24, 2.45) is 7.05 Å². The van der Waals surface area contributed by atoms with Crippen molar-refractivity contribution in [3.63, 3.8) is 0 Å². The molecule has 94 valence electrons. The lowest BCUT2D eigenvalue weighted by Crippen LogP contribution is -2.34. The molecule has 2 heterocycles. The molecule has 17 heavy (non-hydrogen) atoms. The first-order chi connectivity index (χ1) is 8.20. The maximum atomic E-state index is 11.3. The molecule has 1 saturated heterocycles. The van der Waals surface area contributed by atoms with Gasteiger partial charge in [-0.2, -0.15) is 5.10 Å². The van der Waals surface area contributed by atoms with Gasteiger partial charge in [0.15, 0.2) is 5.69 Å². The number of carbonyl (C=O) groups excluding carboxylic acids is 1. The Morgan fingerprint density at radius 3 is 2.88 bits per heavy atom. The second kappa shape index (κ2) is 5.18. The minimum atomic E-state index is -0.444. The topological polar surface area (TPSA) is 65.4 Å². The van der Waals surface area contributed by atoms with Crippen molar-refractivity contribution in [1.29, 1.82) is 0 Å². The van der Waals surface area contributed by atoms with Crippen molar-refractivity contribution in [3.8, 4) is 5.88 Å². The lowest BCUT2D eigenvalue weighted by Gasteiger charge is -2.23. The Morgan fingerprint density at radius 2 is 2.24 bits per heavy atom. The number of aromatic nitrogens is 2. The number of hydrogen-bond acceptors (Lipinski definition) is 5. The van der Waals surface area contributed by atoms with E-state index in [0.29, 0.717) is 5.88 Å². The van der Waals surface area contributed by atoms with E-state index >= 15 is 0 Å². The molecule has 0 atom stereocenters. The minimum Gasteiger partial charge on any atom is -0.474 e. The molecule has 0 bridgehead atoms. The second-order valence-corrected chi connectivity index (χ2v) is 4.05. The van der Waals surface area contributed by atoms with E-state index in [1.807, 2.05) is 0 Å². The van der Waals surface area contributed by atoms with Crippen LogP contribution in [0, 0.1) is 0 Å². The molecule has 0 unspecified atom stereocenters. The number of hydrogen-bond donors (Lipinski definition) is 1. The standard InChI is InChI=1S/C11H17N3O3/c1-14-10(7-9(13-14)11(15)16-2)17-8-3-5-12-6-4-8/h7-8,12H,3-6H2,1-2H3. The smallest absolute Gasteiger partial charge is 0.358 e. The zero-order valence-electron chi connectivity index (χ0n) is 10.1. The van der Waals surface area contributed by atoms with Crippen LogP contribution in [0.5, 0.6) is 5.88 Å². The summed E-state index contributed by atoms with van der Waals surface area (Å²) in [5.74, 6) is 0.165. The average molecular weight is 239 g/mol. The lowest BCUT2D eigenvalue weighted by atomic mass is 10.1. The SMILES string of the molecule is COC(=O)c1cc(OC2CCNCC2)n(C)n1. The highest BCUT2D eigenvalue weighted by atomic mass is 16.5. The van der Waals surface area contributed by atoms with Crippen molar-refractivity contribution in [1.82, 2.24) is 15.1 Å². The maximum Gasteiger partial charge on any atom is 0.358 e. The van der Waals surface area contributed by atoms with E-state index in [-0.39, 0.29) is 11.8 Å². The lowest BCUT2D eigenvalue weighted by molar-refractivity contribution is 0.0593. The molecule has 1 N–H and O–H groups in total. The largest absolute Gasteiger partial charge is 0.474 e. The molecule has 6 nitrogen and oxygen atoms in total. The van der Waals surface area contributed by atoms with Gasteiger partial charge in [0, 0.05) is 13.1 Å². The predicted octanol–water partition coefficient (Wildman–Crippen LogP) is 0.337. The highest BCUT2D eigenvalue weighted by Crippen LogP contribution is 2.17. The van der Waals surface area contributed by atoms with Crippen LogP contribution in [0.1, 0.15) is 23.3 Å². The van der Waals surface area contributed by atoms with Crippen LogP contribution in [0.2, 0.25) is 0 Å². The first-order valence-electron chi connectivity index (χ1n) is 5.70. The Hall–Kier alpha value is -1.56. The average Bonchev–Trinajstić information content (AvgIpc) is 2.71. The van der Waals surface area contributed by atoms with Crippen LogP contribution in [-0.2, 0) is 11.8 Å². The summed E-state index contributed by atoms with van der Waals surface area (Å²) in [6, 6.07) is 1.62. The summed E-state index contributed by atoms with van der Waals surface area (Å²) in [6.45, 7) is 1.93. The summed E-state index contributed by atoms with van der Waals surface area (Å²) < 4.78 is 12.0. The van der Waals surface area contributed by atoms with Crippen molar-refractivity contribution >= 4 is 5.97 Å². The summed E-state index contributed by atoms with van der Waals surface area (Å²) in [4.78, 5) is 11.3. The van der Waals surface area contributed by atoms with Crippen LogP contribution < -0.4 is 10.1 Å². The van der Waals surface area contributed by atoms with Gasteiger partial charge in [0.25, 0.3) is 0 Å².